The molecule has 0 spiro atoms. The summed E-state index contributed by atoms with van der Waals surface area (Å²) in [7, 11) is 0. The van der Waals surface area contributed by atoms with Crippen LogP contribution in [0.1, 0.15) is 35.2 Å². The third kappa shape index (κ3) is 4.71. The van der Waals surface area contributed by atoms with Crippen molar-refractivity contribution in [1.82, 2.24) is 19.7 Å². The molecule has 1 atom stereocenters. The number of anilines is 1. The molecule has 0 saturated carbocycles. The van der Waals surface area contributed by atoms with Crippen LogP contribution in [0.5, 0.6) is 0 Å². The number of H-pyrrole nitrogens is 1. The zero-order chi connectivity index (χ0) is 22.7. The van der Waals surface area contributed by atoms with Crippen LogP contribution in [0.25, 0.3) is 11.4 Å². The average molecular weight is 451 g/mol. The molecule has 4 rings (SSSR count). The van der Waals surface area contributed by atoms with Crippen molar-refractivity contribution in [3.8, 4) is 17.5 Å². The van der Waals surface area contributed by atoms with E-state index in [1.54, 1.807) is 0 Å². The molecule has 0 radical (unpaired) electrons. The second-order valence-corrected chi connectivity index (χ2v) is 8.90. The number of aromatic amines is 1. The van der Waals surface area contributed by atoms with Crippen LogP contribution < -0.4 is 5.32 Å². The highest BCUT2D eigenvalue weighted by atomic mass is 32.2. The number of nitriles is 1. The quantitative estimate of drug-likeness (QED) is 0.527. The number of nitrogens with one attached hydrogen (secondary N) is 2. The highest BCUT2D eigenvalue weighted by Gasteiger charge is 2.24. The molecule has 32 heavy (non-hydrogen) atoms. The molecule has 166 valence electrons. The van der Waals surface area contributed by atoms with Gasteiger partial charge in [-0.1, -0.05) is 41.6 Å². The summed E-state index contributed by atoms with van der Waals surface area (Å²) in [6, 6.07) is 10.2. The molecule has 3 heterocycles. The number of hydrogen-bond donors (Lipinski definition) is 2. The van der Waals surface area contributed by atoms with Crippen LogP contribution in [-0.4, -0.2) is 44.1 Å². The molecule has 9 heteroatoms. The van der Waals surface area contributed by atoms with Crippen molar-refractivity contribution in [3.05, 3.63) is 46.6 Å². The third-order valence-corrected chi connectivity index (χ3v) is 6.58. The van der Waals surface area contributed by atoms with Gasteiger partial charge in [-0.3, -0.25) is 9.89 Å². The first-order valence-electron chi connectivity index (χ1n) is 10.6. The SMILES string of the molecule is Cc1ccc(-c2nc(SCC(=O)Nc3c(C#N)c(C)c(C)n3C[C@H]3CCCO3)n[nH]2)cc1. The summed E-state index contributed by atoms with van der Waals surface area (Å²) < 4.78 is 7.76. The zero-order valence-corrected chi connectivity index (χ0v) is 19.3. The molecule has 3 aromatic rings. The number of carbonyl (C=O) groups excluding carboxylic acids is 1. The van der Waals surface area contributed by atoms with E-state index in [1.165, 1.54) is 17.3 Å². The van der Waals surface area contributed by atoms with Crippen molar-refractivity contribution in [3.63, 3.8) is 0 Å². The van der Waals surface area contributed by atoms with E-state index >= 15 is 0 Å². The molecule has 0 unspecified atom stereocenters. The van der Waals surface area contributed by atoms with Gasteiger partial charge in [0, 0.05) is 17.9 Å². The lowest BCUT2D eigenvalue weighted by molar-refractivity contribution is -0.113. The minimum atomic E-state index is -0.209. The van der Waals surface area contributed by atoms with E-state index in [4.69, 9.17) is 4.74 Å². The highest BCUT2D eigenvalue weighted by molar-refractivity contribution is 7.99. The zero-order valence-electron chi connectivity index (χ0n) is 18.4. The summed E-state index contributed by atoms with van der Waals surface area (Å²) in [5.74, 6) is 1.13. The first kappa shape index (κ1) is 22.1. The number of amides is 1. The van der Waals surface area contributed by atoms with Crippen molar-refractivity contribution >= 4 is 23.5 Å². The van der Waals surface area contributed by atoms with Gasteiger partial charge in [-0.15, -0.1) is 5.10 Å². The van der Waals surface area contributed by atoms with E-state index in [2.05, 4.69) is 26.6 Å². The monoisotopic (exact) mass is 450 g/mol. The molecule has 1 aromatic carbocycles. The Morgan fingerprint density at radius 3 is 2.81 bits per heavy atom. The Bertz CT molecular complexity index is 1150. The number of rotatable bonds is 7. The van der Waals surface area contributed by atoms with Gasteiger partial charge in [0.25, 0.3) is 0 Å². The van der Waals surface area contributed by atoms with Crippen molar-refractivity contribution < 1.29 is 9.53 Å². The fourth-order valence-electron chi connectivity index (χ4n) is 3.80. The number of aromatic nitrogens is 4. The summed E-state index contributed by atoms with van der Waals surface area (Å²) in [6.07, 6.45) is 2.12. The Labute approximate surface area is 191 Å². The highest BCUT2D eigenvalue weighted by Crippen LogP contribution is 2.29. The average Bonchev–Trinajstić information content (AvgIpc) is 3.51. The Kier molecular flexibility index (Phi) is 6.63. The van der Waals surface area contributed by atoms with Gasteiger partial charge >= 0.3 is 0 Å². The molecule has 1 saturated heterocycles. The van der Waals surface area contributed by atoms with Crippen LogP contribution in [0.3, 0.4) is 0 Å². The Balaban J connectivity index is 1.43. The Morgan fingerprint density at radius 2 is 2.12 bits per heavy atom. The van der Waals surface area contributed by atoms with Gasteiger partial charge in [-0.25, -0.2) is 4.98 Å². The van der Waals surface area contributed by atoms with Gasteiger partial charge in [0.05, 0.1) is 24.0 Å². The van der Waals surface area contributed by atoms with Gasteiger partial charge in [-0.05, 0) is 39.2 Å². The molecule has 1 fully saturated rings. The summed E-state index contributed by atoms with van der Waals surface area (Å²) >= 11 is 1.25. The van der Waals surface area contributed by atoms with Gasteiger partial charge in [-0.2, -0.15) is 5.26 Å². The first-order valence-corrected chi connectivity index (χ1v) is 11.6. The fraction of sp³-hybridized carbons (Fsp3) is 0.391. The molecule has 8 nitrogen and oxygen atoms in total. The normalized spacial score (nSPS) is 15.6. The summed E-state index contributed by atoms with van der Waals surface area (Å²) in [5.41, 5.74) is 4.46. The second kappa shape index (κ2) is 9.59. The van der Waals surface area contributed by atoms with Gasteiger partial charge in [0.2, 0.25) is 11.1 Å². The van der Waals surface area contributed by atoms with E-state index in [-0.39, 0.29) is 17.8 Å². The lowest BCUT2D eigenvalue weighted by Gasteiger charge is -2.16. The predicted molar refractivity (Wildman–Crippen MR) is 124 cm³/mol. The van der Waals surface area contributed by atoms with E-state index in [1.807, 2.05) is 49.6 Å². The maximum absolute atomic E-state index is 12.7. The summed E-state index contributed by atoms with van der Waals surface area (Å²) in [5, 5.41) is 20.2. The lowest BCUT2D eigenvalue weighted by atomic mass is 10.1. The van der Waals surface area contributed by atoms with E-state index < -0.39 is 0 Å². The molecule has 1 aliphatic rings. The van der Waals surface area contributed by atoms with Crippen LogP contribution in [0, 0.1) is 32.1 Å². The van der Waals surface area contributed by atoms with Crippen molar-refractivity contribution in [2.24, 2.45) is 0 Å². The Morgan fingerprint density at radius 1 is 1.34 bits per heavy atom. The van der Waals surface area contributed by atoms with Crippen LogP contribution in [0.4, 0.5) is 5.82 Å². The van der Waals surface area contributed by atoms with Crippen LogP contribution in [0.15, 0.2) is 29.4 Å². The number of thioether (sulfide) groups is 1. The standard InChI is InChI=1S/C23H26N6O2S/c1-14-6-8-17(9-7-14)21-26-23(28-27-21)32-13-20(30)25-22-19(11-24)15(2)16(3)29(22)12-18-5-4-10-31-18/h6-9,18H,4-5,10,12-13H2,1-3H3,(H,25,30)(H,26,27,28)/t18-/m1/s1. The van der Waals surface area contributed by atoms with E-state index in [9.17, 15) is 10.1 Å². The number of hydrogen-bond acceptors (Lipinski definition) is 6. The maximum Gasteiger partial charge on any atom is 0.235 e. The maximum atomic E-state index is 12.7. The minimum absolute atomic E-state index is 0.102. The topological polar surface area (TPSA) is 109 Å². The number of carbonyl (C=O) groups is 1. The summed E-state index contributed by atoms with van der Waals surface area (Å²) in [6.45, 7) is 7.29. The molecular formula is C23H26N6O2S. The molecule has 0 aliphatic carbocycles. The van der Waals surface area contributed by atoms with Crippen LogP contribution in [-0.2, 0) is 16.1 Å². The lowest BCUT2D eigenvalue weighted by Crippen LogP contribution is -2.22. The smallest absolute Gasteiger partial charge is 0.235 e. The van der Waals surface area contributed by atoms with E-state index in [0.29, 0.717) is 28.9 Å². The molecule has 1 aliphatic heterocycles. The van der Waals surface area contributed by atoms with Crippen molar-refractivity contribution in [2.45, 2.75) is 51.4 Å². The molecule has 0 bridgehead atoms. The van der Waals surface area contributed by atoms with Crippen molar-refractivity contribution in [1.29, 1.82) is 5.26 Å². The Hall–Kier alpha value is -3.09. The minimum Gasteiger partial charge on any atom is -0.376 e. The van der Waals surface area contributed by atoms with Gasteiger partial charge in [0.15, 0.2) is 5.82 Å². The van der Waals surface area contributed by atoms with E-state index in [0.717, 1.165) is 36.3 Å². The number of nitrogens with zero attached hydrogens (tertiary/aromatic N) is 4. The third-order valence-electron chi connectivity index (χ3n) is 5.73. The van der Waals surface area contributed by atoms with Gasteiger partial charge < -0.3 is 14.6 Å². The van der Waals surface area contributed by atoms with Crippen molar-refractivity contribution in [2.75, 3.05) is 17.7 Å². The van der Waals surface area contributed by atoms with Crippen LogP contribution in [0.2, 0.25) is 0 Å². The molecule has 1 amide bonds. The van der Waals surface area contributed by atoms with Crippen LogP contribution >= 0.6 is 11.8 Å². The largest absolute Gasteiger partial charge is 0.376 e. The second-order valence-electron chi connectivity index (χ2n) is 7.96. The van der Waals surface area contributed by atoms with Gasteiger partial charge in [0.1, 0.15) is 11.9 Å². The molecule has 2 aromatic heterocycles. The fourth-order valence-corrected chi connectivity index (χ4v) is 4.40. The summed E-state index contributed by atoms with van der Waals surface area (Å²) in [4.78, 5) is 17.2. The first-order chi connectivity index (χ1) is 15.5. The number of aryl methyl sites for hydroxylation is 1. The number of ether oxygens (including phenoxy) is 1. The predicted octanol–water partition coefficient (Wildman–Crippen LogP) is 3.98. The molecular weight excluding hydrogens is 424 g/mol. The number of benzene rings is 1. The molecule has 2 N–H and O–H groups in total.